The molecule has 0 aliphatic rings. The zero-order chi connectivity index (χ0) is 18.1. The van der Waals surface area contributed by atoms with Crippen molar-refractivity contribution in [3.63, 3.8) is 0 Å². The number of amides is 1. The summed E-state index contributed by atoms with van der Waals surface area (Å²) >= 11 is 0. The normalized spacial score (nSPS) is 11.7. The van der Waals surface area contributed by atoms with Gasteiger partial charge in [0.05, 0.1) is 13.0 Å². The van der Waals surface area contributed by atoms with E-state index in [4.69, 9.17) is 9.47 Å². The number of esters is 1. The molecule has 6 heteroatoms. The Hall–Kier alpha value is -2.21. The SMILES string of the molecule is COCCNC(=O)[C@H](C)OC(=O)CCC(=O)c1cc(C)ccc1C. The monoisotopic (exact) mass is 335 g/mol. The van der Waals surface area contributed by atoms with E-state index in [9.17, 15) is 14.4 Å². The molecule has 0 aromatic heterocycles. The highest BCUT2D eigenvalue weighted by Gasteiger charge is 2.18. The number of hydrogen-bond donors (Lipinski definition) is 1. The maximum atomic E-state index is 12.2. The average Bonchev–Trinajstić information content (AvgIpc) is 2.54. The van der Waals surface area contributed by atoms with Gasteiger partial charge in [0.1, 0.15) is 0 Å². The molecular formula is C18H25NO5. The maximum absolute atomic E-state index is 12.2. The van der Waals surface area contributed by atoms with Gasteiger partial charge < -0.3 is 14.8 Å². The highest BCUT2D eigenvalue weighted by atomic mass is 16.5. The van der Waals surface area contributed by atoms with Crippen molar-refractivity contribution < 1.29 is 23.9 Å². The standard InChI is InChI=1S/C18H25NO5/c1-12-5-6-13(2)15(11-12)16(20)7-8-17(21)24-14(3)18(22)19-9-10-23-4/h5-6,11,14H,7-10H2,1-4H3,(H,19,22)/t14-/m0/s1. The summed E-state index contributed by atoms with van der Waals surface area (Å²) in [7, 11) is 1.53. The molecule has 1 atom stereocenters. The molecule has 1 rings (SSSR count). The Labute approximate surface area is 142 Å². The first-order chi connectivity index (χ1) is 11.3. The van der Waals surface area contributed by atoms with Crippen LogP contribution >= 0.6 is 0 Å². The Morgan fingerprint density at radius 3 is 2.54 bits per heavy atom. The third-order valence-electron chi connectivity index (χ3n) is 3.53. The molecule has 0 aliphatic heterocycles. The summed E-state index contributed by atoms with van der Waals surface area (Å²) in [5, 5.41) is 2.59. The topological polar surface area (TPSA) is 81.7 Å². The Morgan fingerprint density at radius 1 is 1.17 bits per heavy atom. The van der Waals surface area contributed by atoms with Crippen molar-refractivity contribution in [2.75, 3.05) is 20.3 Å². The molecule has 0 saturated carbocycles. The van der Waals surface area contributed by atoms with E-state index >= 15 is 0 Å². The number of carbonyl (C=O) groups is 3. The van der Waals surface area contributed by atoms with Crippen molar-refractivity contribution in [3.05, 3.63) is 34.9 Å². The lowest BCUT2D eigenvalue weighted by molar-refractivity contribution is -0.154. The Morgan fingerprint density at radius 2 is 1.88 bits per heavy atom. The van der Waals surface area contributed by atoms with Crippen LogP contribution in [-0.2, 0) is 19.1 Å². The van der Waals surface area contributed by atoms with Gasteiger partial charge in [0.2, 0.25) is 0 Å². The molecule has 0 fully saturated rings. The molecule has 24 heavy (non-hydrogen) atoms. The van der Waals surface area contributed by atoms with Crippen LogP contribution in [0.1, 0.15) is 41.3 Å². The van der Waals surface area contributed by atoms with Gasteiger partial charge in [0.15, 0.2) is 11.9 Å². The lowest BCUT2D eigenvalue weighted by atomic mass is 9.99. The number of rotatable bonds is 9. The smallest absolute Gasteiger partial charge is 0.307 e. The van der Waals surface area contributed by atoms with E-state index in [1.807, 2.05) is 32.0 Å². The van der Waals surface area contributed by atoms with Gasteiger partial charge in [-0.25, -0.2) is 0 Å². The third-order valence-corrected chi connectivity index (χ3v) is 3.53. The number of benzene rings is 1. The van der Waals surface area contributed by atoms with Gasteiger partial charge >= 0.3 is 5.97 Å². The fourth-order valence-corrected chi connectivity index (χ4v) is 2.12. The van der Waals surface area contributed by atoms with Gasteiger partial charge in [-0.05, 0) is 32.4 Å². The van der Waals surface area contributed by atoms with Crippen LogP contribution in [-0.4, -0.2) is 44.0 Å². The minimum atomic E-state index is -0.898. The minimum absolute atomic E-state index is 0.0537. The summed E-state index contributed by atoms with van der Waals surface area (Å²) in [6, 6.07) is 5.63. The number of ether oxygens (including phenoxy) is 2. The quantitative estimate of drug-likeness (QED) is 0.424. The predicted octanol–water partition coefficient (Wildman–Crippen LogP) is 1.96. The highest BCUT2D eigenvalue weighted by Crippen LogP contribution is 2.14. The lowest BCUT2D eigenvalue weighted by Crippen LogP contribution is -2.37. The fourth-order valence-electron chi connectivity index (χ4n) is 2.12. The first kappa shape index (κ1) is 19.8. The van der Waals surface area contributed by atoms with Crippen LogP contribution in [0.2, 0.25) is 0 Å². The van der Waals surface area contributed by atoms with E-state index in [-0.39, 0.29) is 24.5 Å². The molecule has 0 spiro atoms. The van der Waals surface area contributed by atoms with E-state index in [0.717, 1.165) is 11.1 Å². The number of methoxy groups -OCH3 is 1. The van der Waals surface area contributed by atoms with Crippen LogP contribution in [0.5, 0.6) is 0 Å². The molecule has 0 saturated heterocycles. The van der Waals surface area contributed by atoms with E-state index in [2.05, 4.69) is 5.32 Å². The van der Waals surface area contributed by atoms with E-state index in [1.165, 1.54) is 14.0 Å². The maximum Gasteiger partial charge on any atom is 0.307 e. The van der Waals surface area contributed by atoms with Gasteiger partial charge in [-0.3, -0.25) is 14.4 Å². The molecule has 6 nitrogen and oxygen atoms in total. The average molecular weight is 335 g/mol. The van der Waals surface area contributed by atoms with Crippen molar-refractivity contribution in [1.29, 1.82) is 0 Å². The second-order valence-corrected chi connectivity index (χ2v) is 5.66. The first-order valence-electron chi connectivity index (χ1n) is 7.91. The van der Waals surface area contributed by atoms with Crippen LogP contribution in [0.4, 0.5) is 0 Å². The van der Waals surface area contributed by atoms with Crippen molar-refractivity contribution in [1.82, 2.24) is 5.32 Å². The summed E-state index contributed by atoms with van der Waals surface area (Å²) in [6.07, 6.45) is -0.895. The van der Waals surface area contributed by atoms with Crippen molar-refractivity contribution >= 4 is 17.7 Å². The molecule has 1 N–H and O–H groups in total. The molecule has 0 radical (unpaired) electrons. The van der Waals surface area contributed by atoms with Gasteiger partial charge in [0, 0.05) is 25.6 Å². The van der Waals surface area contributed by atoms with Gasteiger partial charge in [-0.2, -0.15) is 0 Å². The number of Topliss-reactive ketones (excluding diaryl/α,β-unsaturated/α-hetero) is 1. The molecule has 0 bridgehead atoms. The molecule has 0 heterocycles. The van der Waals surface area contributed by atoms with Gasteiger partial charge in [-0.1, -0.05) is 17.7 Å². The molecule has 0 unspecified atom stereocenters. The molecular weight excluding hydrogens is 310 g/mol. The summed E-state index contributed by atoms with van der Waals surface area (Å²) in [5.74, 6) is -1.06. The summed E-state index contributed by atoms with van der Waals surface area (Å²) in [4.78, 5) is 35.7. The summed E-state index contributed by atoms with van der Waals surface area (Å²) < 4.78 is 9.86. The fraction of sp³-hybridized carbons (Fsp3) is 0.500. The Bertz CT molecular complexity index is 597. The first-order valence-corrected chi connectivity index (χ1v) is 7.91. The van der Waals surface area contributed by atoms with E-state index < -0.39 is 12.1 Å². The van der Waals surface area contributed by atoms with Crippen LogP contribution in [0, 0.1) is 13.8 Å². The third kappa shape index (κ3) is 6.50. The Balaban J connectivity index is 2.44. The molecule has 1 amide bonds. The summed E-state index contributed by atoms with van der Waals surface area (Å²) in [5.41, 5.74) is 2.49. The van der Waals surface area contributed by atoms with Crippen LogP contribution < -0.4 is 5.32 Å². The lowest BCUT2D eigenvalue weighted by Gasteiger charge is -2.13. The van der Waals surface area contributed by atoms with Gasteiger partial charge in [-0.15, -0.1) is 0 Å². The summed E-state index contributed by atoms with van der Waals surface area (Å²) in [6.45, 7) is 6.00. The number of hydrogen-bond acceptors (Lipinski definition) is 5. The van der Waals surface area contributed by atoms with E-state index in [1.54, 1.807) is 0 Å². The minimum Gasteiger partial charge on any atom is -0.453 e. The largest absolute Gasteiger partial charge is 0.453 e. The predicted molar refractivity (Wildman–Crippen MR) is 89.9 cm³/mol. The Kier molecular flexibility index (Phi) is 8.12. The van der Waals surface area contributed by atoms with Crippen LogP contribution in [0.3, 0.4) is 0 Å². The zero-order valence-electron chi connectivity index (χ0n) is 14.7. The van der Waals surface area contributed by atoms with Crippen molar-refractivity contribution in [2.45, 2.75) is 39.7 Å². The zero-order valence-corrected chi connectivity index (χ0v) is 14.7. The van der Waals surface area contributed by atoms with Crippen LogP contribution in [0.25, 0.3) is 0 Å². The number of nitrogens with one attached hydrogen (secondary N) is 1. The van der Waals surface area contributed by atoms with Gasteiger partial charge in [0.25, 0.3) is 5.91 Å². The number of carbonyl (C=O) groups excluding carboxylic acids is 3. The highest BCUT2D eigenvalue weighted by molar-refractivity contribution is 5.99. The van der Waals surface area contributed by atoms with Crippen molar-refractivity contribution in [3.8, 4) is 0 Å². The second kappa shape index (κ2) is 9.82. The number of aryl methyl sites for hydroxylation is 2. The molecule has 1 aromatic rings. The number of ketones is 1. The molecule has 0 aliphatic carbocycles. The molecule has 132 valence electrons. The molecule has 1 aromatic carbocycles. The second-order valence-electron chi connectivity index (χ2n) is 5.66. The van der Waals surface area contributed by atoms with Crippen LogP contribution in [0.15, 0.2) is 18.2 Å². The van der Waals surface area contributed by atoms with Crippen molar-refractivity contribution in [2.24, 2.45) is 0 Å². The van der Waals surface area contributed by atoms with E-state index in [0.29, 0.717) is 18.7 Å².